The molecule has 5 heteroatoms. The van der Waals surface area contributed by atoms with E-state index in [0.29, 0.717) is 5.69 Å². The number of nitrogens with two attached hydrogens (primary N) is 1. The summed E-state index contributed by atoms with van der Waals surface area (Å²) in [5.74, 6) is 0.888. The quantitative estimate of drug-likeness (QED) is 0.913. The standard InChI is InChI=1S/C11H12BrN3S/c1-7-2-9(13)4-14-11(7)15-5-10-3-8(12)6-16-10/h2-4,6H,5,13H2,1H3,(H,14,15). The highest BCUT2D eigenvalue weighted by Crippen LogP contribution is 2.21. The number of aryl methyl sites for hydroxylation is 1. The third kappa shape index (κ3) is 2.74. The van der Waals surface area contributed by atoms with Crippen molar-refractivity contribution in [1.29, 1.82) is 0 Å². The van der Waals surface area contributed by atoms with E-state index in [-0.39, 0.29) is 0 Å². The van der Waals surface area contributed by atoms with E-state index < -0.39 is 0 Å². The van der Waals surface area contributed by atoms with Crippen molar-refractivity contribution >= 4 is 38.8 Å². The molecule has 0 amide bonds. The minimum atomic E-state index is 0.696. The average molecular weight is 298 g/mol. The second-order valence-corrected chi connectivity index (χ2v) is 5.43. The molecule has 3 N–H and O–H groups in total. The molecule has 2 rings (SSSR count). The largest absolute Gasteiger partial charge is 0.397 e. The van der Waals surface area contributed by atoms with Gasteiger partial charge >= 0.3 is 0 Å². The molecule has 0 saturated heterocycles. The molecule has 16 heavy (non-hydrogen) atoms. The van der Waals surface area contributed by atoms with E-state index in [1.54, 1.807) is 17.5 Å². The zero-order valence-electron chi connectivity index (χ0n) is 8.83. The molecule has 0 atom stereocenters. The number of hydrogen-bond donors (Lipinski definition) is 2. The molecule has 0 saturated carbocycles. The fourth-order valence-corrected chi connectivity index (χ4v) is 2.79. The van der Waals surface area contributed by atoms with Crippen molar-refractivity contribution in [2.45, 2.75) is 13.5 Å². The van der Waals surface area contributed by atoms with Gasteiger partial charge in [-0.05, 0) is 40.5 Å². The summed E-state index contributed by atoms with van der Waals surface area (Å²) in [4.78, 5) is 5.52. The lowest BCUT2D eigenvalue weighted by atomic mass is 10.2. The summed E-state index contributed by atoms with van der Waals surface area (Å²) >= 11 is 5.15. The molecule has 2 aromatic heterocycles. The number of nitrogens with zero attached hydrogens (tertiary/aromatic N) is 1. The van der Waals surface area contributed by atoms with Gasteiger partial charge in [0.2, 0.25) is 0 Å². The smallest absolute Gasteiger partial charge is 0.129 e. The maximum atomic E-state index is 5.64. The summed E-state index contributed by atoms with van der Waals surface area (Å²) in [6.45, 7) is 2.78. The minimum absolute atomic E-state index is 0.696. The summed E-state index contributed by atoms with van der Waals surface area (Å²) in [6.07, 6.45) is 1.67. The molecule has 0 spiro atoms. The summed E-state index contributed by atoms with van der Waals surface area (Å²) in [5, 5.41) is 5.36. The van der Waals surface area contributed by atoms with E-state index in [4.69, 9.17) is 5.73 Å². The monoisotopic (exact) mass is 297 g/mol. The van der Waals surface area contributed by atoms with Gasteiger partial charge < -0.3 is 11.1 Å². The Morgan fingerprint density at radius 1 is 1.50 bits per heavy atom. The molecule has 0 bridgehead atoms. The van der Waals surface area contributed by atoms with Gasteiger partial charge in [-0.15, -0.1) is 11.3 Å². The highest BCUT2D eigenvalue weighted by atomic mass is 79.9. The number of halogens is 1. The maximum absolute atomic E-state index is 5.64. The van der Waals surface area contributed by atoms with Crippen LogP contribution in [0.5, 0.6) is 0 Å². The van der Waals surface area contributed by atoms with Crippen molar-refractivity contribution in [3.63, 3.8) is 0 Å². The van der Waals surface area contributed by atoms with Gasteiger partial charge in [-0.3, -0.25) is 0 Å². The van der Waals surface area contributed by atoms with Crippen LogP contribution in [0.25, 0.3) is 0 Å². The van der Waals surface area contributed by atoms with Crippen LogP contribution in [-0.4, -0.2) is 4.98 Å². The first-order valence-corrected chi connectivity index (χ1v) is 6.51. The van der Waals surface area contributed by atoms with Gasteiger partial charge in [0, 0.05) is 14.7 Å². The lowest BCUT2D eigenvalue weighted by Gasteiger charge is -2.07. The zero-order chi connectivity index (χ0) is 11.5. The molecule has 3 nitrogen and oxygen atoms in total. The maximum Gasteiger partial charge on any atom is 0.129 e. The van der Waals surface area contributed by atoms with Crippen LogP contribution >= 0.6 is 27.3 Å². The summed E-state index contributed by atoms with van der Waals surface area (Å²) in [6, 6.07) is 4.02. The van der Waals surface area contributed by atoms with E-state index in [2.05, 4.69) is 37.7 Å². The Hall–Kier alpha value is -1.07. The predicted octanol–water partition coefficient (Wildman–Crippen LogP) is 3.41. The number of nitrogen functional groups attached to an aromatic ring is 1. The highest BCUT2D eigenvalue weighted by Gasteiger charge is 2.01. The number of nitrogens with one attached hydrogen (secondary N) is 1. The second kappa shape index (κ2) is 4.84. The predicted molar refractivity (Wildman–Crippen MR) is 72.7 cm³/mol. The Balaban J connectivity index is 2.04. The third-order valence-electron chi connectivity index (χ3n) is 2.15. The van der Waals surface area contributed by atoms with Crippen LogP contribution in [0, 0.1) is 6.92 Å². The molecule has 0 fully saturated rings. The number of hydrogen-bond acceptors (Lipinski definition) is 4. The Bertz CT molecular complexity index is 496. The summed E-state index contributed by atoms with van der Waals surface area (Å²) in [5.41, 5.74) is 7.41. The van der Waals surface area contributed by atoms with E-state index in [1.165, 1.54) is 4.88 Å². The Morgan fingerprint density at radius 2 is 2.31 bits per heavy atom. The van der Waals surface area contributed by atoms with Crippen LogP contribution in [0.1, 0.15) is 10.4 Å². The van der Waals surface area contributed by atoms with Crippen molar-refractivity contribution in [3.05, 3.63) is 38.6 Å². The van der Waals surface area contributed by atoms with Gasteiger partial charge in [0.05, 0.1) is 18.4 Å². The van der Waals surface area contributed by atoms with Crippen molar-refractivity contribution < 1.29 is 0 Å². The molecular formula is C11H12BrN3S. The minimum Gasteiger partial charge on any atom is -0.397 e. The fourth-order valence-electron chi connectivity index (χ4n) is 1.40. The van der Waals surface area contributed by atoms with Gasteiger partial charge in [-0.25, -0.2) is 4.98 Å². The Kier molecular flexibility index (Phi) is 3.46. The number of pyridine rings is 1. The van der Waals surface area contributed by atoms with Gasteiger partial charge in [0.25, 0.3) is 0 Å². The molecule has 0 unspecified atom stereocenters. The van der Waals surface area contributed by atoms with E-state index in [9.17, 15) is 0 Å². The highest BCUT2D eigenvalue weighted by molar-refractivity contribution is 9.10. The van der Waals surface area contributed by atoms with Crippen LogP contribution < -0.4 is 11.1 Å². The van der Waals surface area contributed by atoms with Crippen molar-refractivity contribution in [1.82, 2.24) is 4.98 Å². The molecule has 0 aliphatic heterocycles. The lowest BCUT2D eigenvalue weighted by Crippen LogP contribution is -2.02. The molecule has 0 aliphatic rings. The Labute approximate surface area is 107 Å². The molecular weight excluding hydrogens is 286 g/mol. The lowest BCUT2D eigenvalue weighted by molar-refractivity contribution is 1.12. The molecule has 2 heterocycles. The topological polar surface area (TPSA) is 50.9 Å². The van der Waals surface area contributed by atoms with Crippen LogP contribution in [-0.2, 0) is 6.54 Å². The molecule has 2 aromatic rings. The molecule has 0 aliphatic carbocycles. The van der Waals surface area contributed by atoms with Crippen LogP contribution in [0.4, 0.5) is 11.5 Å². The number of thiophene rings is 1. The van der Waals surface area contributed by atoms with Crippen LogP contribution in [0.2, 0.25) is 0 Å². The first-order valence-electron chi connectivity index (χ1n) is 4.84. The van der Waals surface area contributed by atoms with Crippen molar-refractivity contribution in [3.8, 4) is 0 Å². The summed E-state index contributed by atoms with van der Waals surface area (Å²) < 4.78 is 1.12. The number of rotatable bonds is 3. The van der Waals surface area contributed by atoms with E-state index >= 15 is 0 Å². The second-order valence-electron chi connectivity index (χ2n) is 3.52. The van der Waals surface area contributed by atoms with Gasteiger partial charge in [0.15, 0.2) is 0 Å². The normalized spacial score (nSPS) is 10.4. The van der Waals surface area contributed by atoms with E-state index in [1.807, 2.05) is 13.0 Å². The van der Waals surface area contributed by atoms with Gasteiger partial charge in [-0.1, -0.05) is 0 Å². The molecule has 84 valence electrons. The first kappa shape index (κ1) is 11.4. The molecule has 0 aromatic carbocycles. The van der Waals surface area contributed by atoms with Gasteiger partial charge in [-0.2, -0.15) is 0 Å². The molecule has 0 radical (unpaired) electrons. The number of aromatic nitrogens is 1. The van der Waals surface area contributed by atoms with Crippen molar-refractivity contribution in [2.75, 3.05) is 11.1 Å². The SMILES string of the molecule is Cc1cc(N)cnc1NCc1cc(Br)cs1. The van der Waals surface area contributed by atoms with Gasteiger partial charge in [0.1, 0.15) is 5.82 Å². The van der Waals surface area contributed by atoms with E-state index in [0.717, 1.165) is 22.4 Å². The summed E-state index contributed by atoms with van der Waals surface area (Å²) in [7, 11) is 0. The first-order chi connectivity index (χ1) is 7.65. The van der Waals surface area contributed by atoms with Crippen LogP contribution in [0.15, 0.2) is 28.2 Å². The Morgan fingerprint density at radius 3 is 2.94 bits per heavy atom. The number of anilines is 2. The third-order valence-corrected chi connectivity index (χ3v) is 3.85. The average Bonchev–Trinajstić information content (AvgIpc) is 2.63. The van der Waals surface area contributed by atoms with Crippen molar-refractivity contribution in [2.24, 2.45) is 0 Å². The fraction of sp³-hybridized carbons (Fsp3) is 0.182. The zero-order valence-corrected chi connectivity index (χ0v) is 11.2. The van der Waals surface area contributed by atoms with Crippen LogP contribution in [0.3, 0.4) is 0 Å².